The number of aromatic carboxylic acids is 1. The lowest BCUT2D eigenvalue weighted by Crippen LogP contribution is -2.34. The number of hydrogen-bond donors (Lipinski definition) is 1. The minimum Gasteiger partial charge on any atom is -0.477 e. The van der Waals surface area contributed by atoms with Gasteiger partial charge in [-0.25, -0.2) is 14.8 Å². The fraction of sp³-hybridized carbons (Fsp3) is 0.562. The van der Waals surface area contributed by atoms with Crippen molar-refractivity contribution >= 4 is 33.3 Å². The summed E-state index contributed by atoms with van der Waals surface area (Å²) in [5.74, 6) is 0.698. The molecule has 1 N–H and O–H groups in total. The van der Waals surface area contributed by atoms with Crippen molar-refractivity contribution in [3.05, 3.63) is 16.3 Å². The molecule has 0 unspecified atom stereocenters. The number of fused-ring (bicyclic) bond motifs is 1. The highest BCUT2D eigenvalue weighted by atomic mass is 32.1. The second kappa shape index (κ2) is 5.83. The summed E-state index contributed by atoms with van der Waals surface area (Å²) >= 11 is 1.25. The molecule has 1 aliphatic carbocycles. The van der Waals surface area contributed by atoms with E-state index >= 15 is 0 Å². The summed E-state index contributed by atoms with van der Waals surface area (Å²) in [5, 5.41) is 10.3. The average molecular weight is 319 g/mol. The van der Waals surface area contributed by atoms with Crippen molar-refractivity contribution in [3.8, 4) is 0 Å². The summed E-state index contributed by atoms with van der Waals surface area (Å²) in [7, 11) is 2.08. The Balaban J connectivity index is 2.13. The van der Waals surface area contributed by atoms with Crippen LogP contribution in [0.15, 0.2) is 0 Å². The lowest BCUT2D eigenvalue weighted by molar-refractivity contribution is 0.0701. The number of carbonyl (C=O) groups is 1. The monoisotopic (exact) mass is 319 g/mol. The molecule has 1 saturated carbocycles. The Morgan fingerprint density at radius 2 is 1.91 bits per heavy atom. The Labute approximate surface area is 134 Å². The number of nitrogens with zero attached hydrogens (tertiary/aromatic N) is 3. The summed E-state index contributed by atoms with van der Waals surface area (Å²) in [6.07, 6.45) is 6.17. The molecule has 3 rings (SSSR count). The Morgan fingerprint density at radius 1 is 1.23 bits per heavy atom. The van der Waals surface area contributed by atoms with E-state index in [1.165, 1.54) is 43.4 Å². The third-order valence-electron chi connectivity index (χ3n) is 4.53. The molecule has 0 atom stereocenters. The molecule has 22 heavy (non-hydrogen) atoms. The third-order valence-corrected chi connectivity index (χ3v) is 5.71. The van der Waals surface area contributed by atoms with Gasteiger partial charge in [0.2, 0.25) is 0 Å². The Morgan fingerprint density at radius 3 is 2.55 bits per heavy atom. The minimum atomic E-state index is -0.885. The molecule has 1 fully saturated rings. The van der Waals surface area contributed by atoms with E-state index in [1.807, 2.05) is 13.8 Å². The molecule has 2 aromatic heterocycles. The molecule has 1 aliphatic rings. The van der Waals surface area contributed by atoms with Gasteiger partial charge in [0.25, 0.3) is 0 Å². The Hall–Kier alpha value is -1.69. The van der Waals surface area contributed by atoms with Crippen LogP contribution in [0.1, 0.15) is 53.2 Å². The van der Waals surface area contributed by atoms with E-state index in [9.17, 15) is 9.90 Å². The normalized spacial score (nSPS) is 16.1. The zero-order chi connectivity index (χ0) is 15.9. The summed E-state index contributed by atoms with van der Waals surface area (Å²) < 4.78 is 0. The van der Waals surface area contributed by atoms with E-state index in [1.54, 1.807) is 0 Å². The van der Waals surface area contributed by atoms with E-state index in [-0.39, 0.29) is 0 Å². The van der Waals surface area contributed by atoms with Gasteiger partial charge in [0.1, 0.15) is 21.3 Å². The molecular formula is C16H21N3O2S. The molecule has 0 aromatic carbocycles. The van der Waals surface area contributed by atoms with Gasteiger partial charge >= 0.3 is 5.97 Å². The SMILES string of the molecule is Cc1nc(N(C)C2CCCCC2)c2c(C)c(C(=O)O)sc2n1. The number of carboxylic acids is 1. The lowest BCUT2D eigenvalue weighted by atomic mass is 9.94. The van der Waals surface area contributed by atoms with Crippen molar-refractivity contribution in [2.45, 2.75) is 52.0 Å². The molecule has 0 radical (unpaired) electrons. The van der Waals surface area contributed by atoms with Gasteiger partial charge in [-0.1, -0.05) is 19.3 Å². The van der Waals surface area contributed by atoms with Crippen molar-refractivity contribution in [2.24, 2.45) is 0 Å². The zero-order valence-electron chi connectivity index (χ0n) is 13.2. The minimum absolute atomic E-state index is 0.369. The van der Waals surface area contributed by atoms with E-state index in [0.717, 1.165) is 21.6 Å². The third kappa shape index (κ3) is 2.56. The van der Waals surface area contributed by atoms with Gasteiger partial charge in [0, 0.05) is 13.1 Å². The first-order valence-electron chi connectivity index (χ1n) is 7.73. The van der Waals surface area contributed by atoms with Crippen LogP contribution in [0.2, 0.25) is 0 Å². The number of thiophene rings is 1. The van der Waals surface area contributed by atoms with E-state index in [2.05, 4.69) is 21.9 Å². The topological polar surface area (TPSA) is 66.3 Å². The van der Waals surface area contributed by atoms with E-state index < -0.39 is 5.97 Å². The van der Waals surface area contributed by atoms with Crippen molar-refractivity contribution < 1.29 is 9.90 Å². The number of rotatable bonds is 3. The standard InChI is InChI=1S/C16H21N3O2S/c1-9-12-14(19(3)11-7-5-4-6-8-11)17-10(2)18-15(12)22-13(9)16(20)21/h11H,4-8H2,1-3H3,(H,20,21). The summed E-state index contributed by atoms with van der Waals surface area (Å²) in [4.78, 5) is 23.9. The first kappa shape index (κ1) is 15.2. The van der Waals surface area contributed by atoms with Crippen LogP contribution >= 0.6 is 11.3 Å². The molecule has 0 spiro atoms. The summed E-state index contributed by atoms with van der Waals surface area (Å²) in [6.45, 7) is 3.73. The van der Waals surface area contributed by atoms with Crippen LogP contribution in [-0.2, 0) is 0 Å². The van der Waals surface area contributed by atoms with Gasteiger partial charge in [-0.15, -0.1) is 11.3 Å². The van der Waals surface area contributed by atoms with Gasteiger partial charge < -0.3 is 10.0 Å². The quantitative estimate of drug-likeness (QED) is 0.932. The van der Waals surface area contributed by atoms with E-state index in [4.69, 9.17) is 0 Å². The zero-order valence-corrected chi connectivity index (χ0v) is 14.0. The molecular weight excluding hydrogens is 298 g/mol. The predicted octanol–water partition coefficient (Wildman–Crippen LogP) is 3.78. The summed E-state index contributed by atoms with van der Waals surface area (Å²) in [6, 6.07) is 0.485. The van der Waals surface area contributed by atoms with Crippen LogP contribution in [-0.4, -0.2) is 34.1 Å². The molecule has 118 valence electrons. The number of aromatic nitrogens is 2. The Kier molecular flexibility index (Phi) is 4.04. The molecule has 0 amide bonds. The van der Waals surface area contributed by atoms with Crippen LogP contribution in [0.4, 0.5) is 5.82 Å². The highest BCUT2D eigenvalue weighted by Gasteiger charge is 2.25. The van der Waals surface area contributed by atoms with Crippen LogP contribution in [0.25, 0.3) is 10.2 Å². The number of aryl methyl sites for hydroxylation is 2. The van der Waals surface area contributed by atoms with Crippen molar-refractivity contribution in [3.63, 3.8) is 0 Å². The predicted molar refractivity (Wildman–Crippen MR) is 89.1 cm³/mol. The van der Waals surface area contributed by atoms with Crippen LogP contribution < -0.4 is 4.90 Å². The van der Waals surface area contributed by atoms with E-state index in [0.29, 0.717) is 16.7 Å². The van der Waals surface area contributed by atoms with Crippen LogP contribution in [0, 0.1) is 13.8 Å². The highest BCUT2D eigenvalue weighted by Crippen LogP contribution is 2.37. The fourth-order valence-corrected chi connectivity index (χ4v) is 4.38. The first-order chi connectivity index (χ1) is 10.5. The molecule has 5 nitrogen and oxygen atoms in total. The largest absolute Gasteiger partial charge is 0.477 e. The van der Waals surface area contributed by atoms with Gasteiger partial charge in [-0.2, -0.15) is 0 Å². The molecule has 6 heteroatoms. The molecule has 0 saturated heterocycles. The Bertz CT molecular complexity index is 720. The molecule has 2 heterocycles. The molecule has 2 aromatic rings. The van der Waals surface area contributed by atoms with Gasteiger partial charge in [-0.3, -0.25) is 0 Å². The lowest BCUT2D eigenvalue weighted by Gasteiger charge is -2.32. The van der Waals surface area contributed by atoms with Crippen LogP contribution in [0.3, 0.4) is 0 Å². The van der Waals surface area contributed by atoms with Crippen molar-refractivity contribution in [1.82, 2.24) is 9.97 Å². The van der Waals surface area contributed by atoms with Gasteiger partial charge in [-0.05, 0) is 32.3 Å². The van der Waals surface area contributed by atoms with Gasteiger partial charge in [0.05, 0.1) is 5.39 Å². The average Bonchev–Trinajstić information content (AvgIpc) is 2.83. The number of anilines is 1. The number of hydrogen-bond acceptors (Lipinski definition) is 5. The number of carboxylic acid groups (broad SMARTS) is 1. The fourth-order valence-electron chi connectivity index (χ4n) is 3.32. The summed E-state index contributed by atoms with van der Waals surface area (Å²) in [5.41, 5.74) is 0.783. The van der Waals surface area contributed by atoms with Crippen molar-refractivity contribution in [1.29, 1.82) is 0 Å². The second-order valence-electron chi connectivity index (χ2n) is 6.04. The van der Waals surface area contributed by atoms with Crippen LogP contribution in [0.5, 0.6) is 0 Å². The second-order valence-corrected chi connectivity index (χ2v) is 7.04. The first-order valence-corrected chi connectivity index (χ1v) is 8.54. The maximum Gasteiger partial charge on any atom is 0.346 e. The maximum atomic E-state index is 11.4. The molecule has 0 aliphatic heterocycles. The van der Waals surface area contributed by atoms with Gasteiger partial charge in [0.15, 0.2) is 0 Å². The molecule has 0 bridgehead atoms. The van der Waals surface area contributed by atoms with Crippen molar-refractivity contribution in [2.75, 3.05) is 11.9 Å². The smallest absolute Gasteiger partial charge is 0.346 e. The highest BCUT2D eigenvalue weighted by molar-refractivity contribution is 7.20. The maximum absolute atomic E-state index is 11.4.